The van der Waals surface area contributed by atoms with Crippen LogP contribution in [0.25, 0.3) is 0 Å². The van der Waals surface area contributed by atoms with Gasteiger partial charge in [0.15, 0.2) is 0 Å². The smallest absolute Gasteiger partial charge is 0.124 e. The van der Waals surface area contributed by atoms with Crippen LogP contribution >= 0.6 is 43.5 Å². The summed E-state index contributed by atoms with van der Waals surface area (Å²) < 4.78 is 15.2. The Morgan fingerprint density at radius 3 is 2.57 bits per heavy atom. The van der Waals surface area contributed by atoms with Crippen molar-refractivity contribution in [2.75, 3.05) is 6.54 Å². The van der Waals surface area contributed by atoms with E-state index in [1.807, 2.05) is 12.1 Å². The monoisotopic (exact) mass is 433 g/mol. The SMILES string of the molecule is CCNC(Cc1ccc(F)cc1Cl)c1ccc(Br)cc1Br. The molecule has 0 spiro atoms. The van der Waals surface area contributed by atoms with Crippen LogP contribution in [0, 0.1) is 5.82 Å². The van der Waals surface area contributed by atoms with Gasteiger partial charge in [-0.3, -0.25) is 0 Å². The van der Waals surface area contributed by atoms with E-state index in [0.717, 1.165) is 26.6 Å². The minimum atomic E-state index is -0.312. The molecule has 0 radical (unpaired) electrons. The molecular formula is C16H15Br2ClFN. The molecule has 2 rings (SSSR count). The predicted molar refractivity (Wildman–Crippen MR) is 93.4 cm³/mol. The second-order valence-electron chi connectivity index (χ2n) is 4.72. The van der Waals surface area contributed by atoms with Crippen molar-refractivity contribution in [3.63, 3.8) is 0 Å². The summed E-state index contributed by atoms with van der Waals surface area (Å²) in [6.45, 7) is 2.90. The lowest BCUT2D eigenvalue weighted by atomic mass is 9.98. The number of halogens is 4. The standard InChI is InChI=1S/C16H15Br2ClFN/c1-2-21-16(13-6-4-11(17)8-14(13)18)7-10-3-5-12(20)9-15(10)19/h3-6,8-9,16,21H,2,7H2,1H3. The summed E-state index contributed by atoms with van der Waals surface area (Å²) >= 11 is 13.2. The molecule has 0 fully saturated rings. The molecule has 1 nitrogen and oxygen atoms in total. The lowest BCUT2D eigenvalue weighted by Crippen LogP contribution is -2.23. The maximum atomic E-state index is 13.2. The van der Waals surface area contributed by atoms with Crippen molar-refractivity contribution in [3.8, 4) is 0 Å². The fourth-order valence-electron chi connectivity index (χ4n) is 2.23. The van der Waals surface area contributed by atoms with Gasteiger partial charge in [-0.05, 0) is 48.4 Å². The van der Waals surface area contributed by atoms with Gasteiger partial charge in [-0.1, -0.05) is 62.5 Å². The summed E-state index contributed by atoms with van der Waals surface area (Å²) in [6, 6.07) is 10.8. The number of benzene rings is 2. The van der Waals surface area contributed by atoms with Crippen LogP contribution in [-0.2, 0) is 6.42 Å². The van der Waals surface area contributed by atoms with Crippen molar-refractivity contribution in [1.82, 2.24) is 5.32 Å². The van der Waals surface area contributed by atoms with Crippen LogP contribution in [0.1, 0.15) is 24.1 Å². The fraction of sp³-hybridized carbons (Fsp3) is 0.250. The molecule has 1 atom stereocenters. The Balaban J connectivity index is 2.30. The van der Waals surface area contributed by atoms with Crippen LogP contribution in [0.2, 0.25) is 5.02 Å². The molecule has 2 aromatic rings. The highest BCUT2D eigenvalue weighted by Crippen LogP contribution is 2.30. The zero-order chi connectivity index (χ0) is 15.4. The van der Waals surface area contributed by atoms with Gasteiger partial charge in [-0.2, -0.15) is 0 Å². The Morgan fingerprint density at radius 1 is 1.19 bits per heavy atom. The molecule has 0 aliphatic heterocycles. The lowest BCUT2D eigenvalue weighted by molar-refractivity contribution is 0.547. The Hall–Kier alpha value is -0.420. The van der Waals surface area contributed by atoms with E-state index in [1.54, 1.807) is 6.07 Å². The summed E-state index contributed by atoms with van der Waals surface area (Å²) in [5.74, 6) is -0.312. The van der Waals surface area contributed by atoms with E-state index in [9.17, 15) is 4.39 Å². The molecule has 1 unspecified atom stereocenters. The van der Waals surface area contributed by atoms with Crippen LogP contribution in [0.4, 0.5) is 4.39 Å². The Morgan fingerprint density at radius 2 is 1.95 bits per heavy atom. The first-order chi connectivity index (χ1) is 10.0. The predicted octanol–water partition coefficient (Wildman–Crippen LogP) is 5.90. The van der Waals surface area contributed by atoms with Crippen molar-refractivity contribution in [3.05, 3.63) is 67.3 Å². The van der Waals surface area contributed by atoms with Crippen LogP contribution in [0.5, 0.6) is 0 Å². The minimum Gasteiger partial charge on any atom is -0.310 e. The highest BCUT2D eigenvalue weighted by molar-refractivity contribution is 9.11. The van der Waals surface area contributed by atoms with E-state index in [4.69, 9.17) is 11.6 Å². The first-order valence-corrected chi connectivity index (χ1v) is 8.60. The molecule has 0 heterocycles. The van der Waals surface area contributed by atoms with Gasteiger partial charge in [0.2, 0.25) is 0 Å². The third-order valence-electron chi connectivity index (χ3n) is 3.23. The quantitative estimate of drug-likeness (QED) is 0.617. The van der Waals surface area contributed by atoms with Gasteiger partial charge in [-0.15, -0.1) is 0 Å². The molecular weight excluding hydrogens is 420 g/mol. The topological polar surface area (TPSA) is 12.0 Å². The van der Waals surface area contributed by atoms with Crippen molar-refractivity contribution in [2.45, 2.75) is 19.4 Å². The minimum absolute atomic E-state index is 0.112. The van der Waals surface area contributed by atoms with Gasteiger partial charge >= 0.3 is 0 Å². The number of hydrogen-bond donors (Lipinski definition) is 1. The van der Waals surface area contributed by atoms with Gasteiger partial charge in [0, 0.05) is 20.0 Å². The van der Waals surface area contributed by atoms with Crippen LogP contribution in [0.3, 0.4) is 0 Å². The zero-order valence-corrected chi connectivity index (χ0v) is 15.4. The zero-order valence-electron chi connectivity index (χ0n) is 11.5. The van der Waals surface area contributed by atoms with Crippen molar-refractivity contribution < 1.29 is 4.39 Å². The van der Waals surface area contributed by atoms with Gasteiger partial charge in [-0.25, -0.2) is 4.39 Å². The molecule has 0 aromatic heterocycles. The molecule has 0 aliphatic rings. The van der Waals surface area contributed by atoms with Crippen molar-refractivity contribution in [2.24, 2.45) is 0 Å². The number of likely N-dealkylation sites (N-methyl/N-ethyl adjacent to an activating group) is 1. The maximum Gasteiger partial charge on any atom is 0.124 e. The summed E-state index contributed by atoms with van der Waals surface area (Å²) in [4.78, 5) is 0. The number of hydrogen-bond acceptors (Lipinski definition) is 1. The normalized spacial score (nSPS) is 12.4. The molecule has 0 saturated carbocycles. The third-order valence-corrected chi connectivity index (χ3v) is 4.76. The average Bonchev–Trinajstić information content (AvgIpc) is 2.41. The largest absolute Gasteiger partial charge is 0.310 e. The molecule has 0 bridgehead atoms. The van der Waals surface area contributed by atoms with E-state index in [1.165, 1.54) is 12.1 Å². The Labute approximate surface area is 146 Å². The van der Waals surface area contributed by atoms with Gasteiger partial charge in [0.25, 0.3) is 0 Å². The molecule has 112 valence electrons. The first kappa shape index (κ1) is 16.9. The third kappa shape index (κ3) is 4.52. The molecule has 0 saturated heterocycles. The van der Waals surface area contributed by atoms with Gasteiger partial charge < -0.3 is 5.32 Å². The van der Waals surface area contributed by atoms with E-state index >= 15 is 0 Å². The molecule has 0 aliphatic carbocycles. The molecule has 21 heavy (non-hydrogen) atoms. The molecule has 0 amide bonds. The lowest BCUT2D eigenvalue weighted by Gasteiger charge is -2.20. The molecule has 1 N–H and O–H groups in total. The first-order valence-electron chi connectivity index (χ1n) is 6.63. The number of rotatable bonds is 5. The summed E-state index contributed by atoms with van der Waals surface area (Å²) in [5, 5.41) is 3.92. The fourth-order valence-corrected chi connectivity index (χ4v) is 3.80. The van der Waals surface area contributed by atoms with E-state index in [0.29, 0.717) is 11.4 Å². The Bertz CT molecular complexity index is 634. The van der Waals surface area contributed by atoms with E-state index < -0.39 is 0 Å². The molecule has 5 heteroatoms. The Kier molecular flexibility index (Phi) is 6.23. The highest BCUT2D eigenvalue weighted by atomic mass is 79.9. The molecule has 2 aromatic carbocycles. The van der Waals surface area contributed by atoms with Crippen molar-refractivity contribution >= 4 is 43.5 Å². The summed E-state index contributed by atoms with van der Waals surface area (Å²) in [5.41, 5.74) is 2.08. The van der Waals surface area contributed by atoms with E-state index in [-0.39, 0.29) is 11.9 Å². The van der Waals surface area contributed by atoms with E-state index in [2.05, 4.69) is 50.2 Å². The number of nitrogens with one attached hydrogen (secondary N) is 1. The second-order valence-corrected chi connectivity index (χ2v) is 6.89. The summed E-state index contributed by atoms with van der Waals surface area (Å²) in [7, 11) is 0. The highest BCUT2D eigenvalue weighted by Gasteiger charge is 2.16. The van der Waals surface area contributed by atoms with Crippen LogP contribution in [-0.4, -0.2) is 6.54 Å². The van der Waals surface area contributed by atoms with Gasteiger partial charge in [0.1, 0.15) is 5.82 Å². The van der Waals surface area contributed by atoms with Crippen LogP contribution in [0.15, 0.2) is 45.3 Å². The van der Waals surface area contributed by atoms with Gasteiger partial charge in [0.05, 0.1) is 0 Å². The average molecular weight is 436 g/mol. The van der Waals surface area contributed by atoms with Crippen LogP contribution < -0.4 is 5.32 Å². The second kappa shape index (κ2) is 7.73. The maximum absolute atomic E-state index is 13.2. The van der Waals surface area contributed by atoms with Crippen molar-refractivity contribution in [1.29, 1.82) is 0 Å². The summed E-state index contributed by atoms with van der Waals surface area (Å²) in [6.07, 6.45) is 0.702.